The summed E-state index contributed by atoms with van der Waals surface area (Å²) in [7, 11) is 1.75. The Hall–Kier alpha value is -1.06. The van der Waals surface area contributed by atoms with E-state index in [-0.39, 0.29) is 0 Å². The topological polar surface area (TPSA) is 15.7 Å². The van der Waals surface area contributed by atoms with E-state index in [9.17, 15) is 0 Å². The van der Waals surface area contributed by atoms with Gasteiger partial charge in [-0.25, -0.2) is 0 Å². The number of nitrogens with zero attached hydrogens (tertiary/aromatic N) is 2. The number of piperidine rings is 1. The van der Waals surface area contributed by atoms with E-state index in [2.05, 4.69) is 28.0 Å². The van der Waals surface area contributed by atoms with Crippen LogP contribution in [0.3, 0.4) is 0 Å². The molecule has 1 saturated heterocycles. The van der Waals surface area contributed by atoms with Crippen molar-refractivity contribution in [1.82, 2.24) is 9.80 Å². The van der Waals surface area contributed by atoms with Crippen molar-refractivity contribution in [3.63, 3.8) is 0 Å². The average molecular weight is 274 g/mol. The lowest BCUT2D eigenvalue weighted by Crippen LogP contribution is -2.39. The highest BCUT2D eigenvalue weighted by Crippen LogP contribution is 2.23. The maximum Gasteiger partial charge on any atom is 0.119 e. The zero-order valence-corrected chi connectivity index (χ0v) is 12.6. The van der Waals surface area contributed by atoms with Crippen molar-refractivity contribution >= 4 is 0 Å². The number of hydrogen-bond acceptors (Lipinski definition) is 3. The van der Waals surface area contributed by atoms with Crippen LogP contribution < -0.4 is 4.74 Å². The fraction of sp³-hybridized carbons (Fsp3) is 0.647. The SMILES string of the molecule is COc1ccc2c(c1)CCN(CCN1CCCCC1)C2. The first-order chi connectivity index (χ1) is 9.85. The Kier molecular flexibility index (Phi) is 4.58. The minimum absolute atomic E-state index is 0.991. The highest BCUT2D eigenvalue weighted by molar-refractivity contribution is 5.37. The van der Waals surface area contributed by atoms with Gasteiger partial charge in [0.05, 0.1) is 7.11 Å². The summed E-state index contributed by atoms with van der Waals surface area (Å²) in [6.45, 7) is 7.36. The molecule has 0 bridgehead atoms. The average Bonchev–Trinajstić information content (AvgIpc) is 2.53. The van der Waals surface area contributed by atoms with E-state index in [1.165, 1.54) is 63.1 Å². The summed E-state index contributed by atoms with van der Waals surface area (Å²) in [6, 6.07) is 6.53. The first kappa shape index (κ1) is 13.9. The summed E-state index contributed by atoms with van der Waals surface area (Å²) >= 11 is 0. The minimum Gasteiger partial charge on any atom is -0.497 e. The summed E-state index contributed by atoms with van der Waals surface area (Å²) in [4.78, 5) is 5.23. The van der Waals surface area contributed by atoms with Crippen LogP contribution >= 0.6 is 0 Å². The van der Waals surface area contributed by atoms with E-state index < -0.39 is 0 Å². The fourth-order valence-electron chi connectivity index (χ4n) is 3.37. The molecular formula is C17H26N2O. The van der Waals surface area contributed by atoms with E-state index in [0.717, 1.165) is 18.7 Å². The Balaban J connectivity index is 1.53. The lowest BCUT2D eigenvalue weighted by molar-refractivity contribution is 0.173. The van der Waals surface area contributed by atoms with E-state index in [1.807, 2.05) is 0 Å². The first-order valence-corrected chi connectivity index (χ1v) is 7.95. The van der Waals surface area contributed by atoms with Gasteiger partial charge in [-0.05, 0) is 55.6 Å². The molecule has 0 aliphatic carbocycles. The molecule has 1 aromatic rings. The molecule has 1 fully saturated rings. The molecule has 2 heterocycles. The molecule has 3 rings (SSSR count). The predicted molar refractivity (Wildman–Crippen MR) is 82.3 cm³/mol. The second kappa shape index (κ2) is 6.59. The van der Waals surface area contributed by atoms with Crippen molar-refractivity contribution in [2.24, 2.45) is 0 Å². The van der Waals surface area contributed by atoms with Gasteiger partial charge >= 0.3 is 0 Å². The van der Waals surface area contributed by atoms with Crippen molar-refractivity contribution in [2.45, 2.75) is 32.2 Å². The number of benzene rings is 1. The summed E-state index contributed by atoms with van der Waals surface area (Å²) in [5.74, 6) is 0.991. The van der Waals surface area contributed by atoms with Gasteiger partial charge in [-0.15, -0.1) is 0 Å². The Morgan fingerprint density at radius 3 is 2.55 bits per heavy atom. The Labute approximate surface area is 122 Å². The van der Waals surface area contributed by atoms with E-state index in [1.54, 1.807) is 7.11 Å². The molecule has 0 aromatic heterocycles. The number of rotatable bonds is 4. The van der Waals surface area contributed by atoms with Gasteiger partial charge in [0.15, 0.2) is 0 Å². The molecule has 0 N–H and O–H groups in total. The van der Waals surface area contributed by atoms with Crippen molar-refractivity contribution in [3.05, 3.63) is 29.3 Å². The van der Waals surface area contributed by atoms with Crippen molar-refractivity contribution in [3.8, 4) is 5.75 Å². The molecule has 0 unspecified atom stereocenters. The third-order valence-electron chi connectivity index (χ3n) is 4.69. The van der Waals surface area contributed by atoms with Crippen molar-refractivity contribution in [2.75, 3.05) is 39.8 Å². The Morgan fingerprint density at radius 1 is 0.950 bits per heavy atom. The molecule has 1 aromatic carbocycles. The number of methoxy groups -OCH3 is 1. The second-order valence-corrected chi connectivity index (χ2v) is 6.06. The maximum absolute atomic E-state index is 5.31. The van der Waals surface area contributed by atoms with Crippen LogP contribution in [0.15, 0.2) is 18.2 Å². The van der Waals surface area contributed by atoms with E-state index >= 15 is 0 Å². The summed E-state index contributed by atoms with van der Waals surface area (Å²) in [5.41, 5.74) is 2.95. The third-order valence-corrected chi connectivity index (χ3v) is 4.69. The molecule has 0 amide bonds. The van der Waals surface area contributed by atoms with Crippen molar-refractivity contribution < 1.29 is 4.74 Å². The molecule has 3 heteroatoms. The lowest BCUT2D eigenvalue weighted by Gasteiger charge is -2.32. The monoisotopic (exact) mass is 274 g/mol. The number of hydrogen-bond donors (Lipinski definition) is 0. The minimum atomic E-state index is 0.991. The van der Waals surface area contributed by atoms with Crippen LogP contribution in [0.5, 0.6) is 5.75 Å². The highest BCUT2D eigenvalue weighted by atomic mass is 16.5. The summed E-state index contributed by atoms with van der Waals surface area (Å²) in [5, 5.41) is 0. The fourth-order valence-corrected chi connectivity index (χ4v) is 3.37. The largest absolute Gasteiger partial charge is 0.497 e. The second-order valence-electron chi connectivity index (χ2n) is 6.06. The van der Waals surface area contributed by atoms with Gasteiger partial charge in [0.2, 0.25) is 0 Å². The third kappa shape index (κ3) is 3.33. The quantitative estimate of drug-likeness (QED) is 0.839. The van der Waals surface area contributed by atoms with Crippen LogP contribution in [-0.4, -0.2) is 49.6 Å². The predicted octanol–water partition coefficient (Wildman–Crippen LogP) is 2.54. The summed E-state index contributed by atoms with van der Waals surface area (Å²) < 4.78 is 5.31. The van der Waals surface area contributed by atoms with Gasteiger partial charge in [-0.2, -0.15) is 0 Å². The van der Waals surface area contributed by atoms with Gasteiger partial charge in [0.1, 0.15) is 5.75 Å². The number of likely N-dealkylation sites (tertiary alicyclic amines) is 1. The van der Waals surface area contributed by atoms with Crippen molar-refractivity contribution in [1.29, 1.82) is 0 Å². The van der Waals surface area contributed by atoms with Gasteiger partial charge in [-0.3, -0.25) is 4.90 Å². The van der Waals surface area contributed by atoms with E-state index in [4.69, 9.17) is 4.74 Å². The van der Waals surface area contributed by atoms with Gasteiger partial charge in [-0.1, -0.05) is 12.5 Å². The molecule has 0 radical (unpaired) electrons. The van der Waals surface area contributed by atoms with Crippen LogP contribution in [0.4, 0.5) is 0 Å². The van der Waals surface area contributed by atoms with Gasteiger partial charge in [0, 0.05) is 26.2 Å². The standard InChI is InChI=1S/C17H26N2O/c1-20-17-6-5-16-14-19(10-7-15(16)13-17)12-11-18-8-3-2-4-9-18/h5-6,13H,2-4,7-12,14H2,1H3. The van der Waals surface area contributed by atoms with E-state index in [0.29, 0.717) is 0 Å². The maximum atomic E-state index is 5.31. The molecule has 0 atom stereocenters. The first-order valence-electron chi connectivity index (χ1n) is 7.95. The molecule has 0 spiro atoms. The molecule has 110 valence electrons. The normalized spacial score (nSPS) is 20.6. The van der Waals surface area contributed by atoms with Gasteiger partial charge in [0.25, 0.3) is 0 Å². The lowest BCUT2D eigenvalue weighted by atomic mass is 9.99. The van der Waals surface area contributed by atoms with Gasteiger partial charge < -0.3 is 9.64 Å². The zero-order valence-electron chi connectivity index (χ0n) is 12.6. The molecule has 2 aliphatic rings. The van der Waals surface area contributed by atoms with Crippen LogP contribution in [0.25, 0.3) is 0 Å². The molecule has 2 aliphatic heterocycles. The Bertz CT molecular complexity index is 441. The van der Waals surface area contributed by atoms with Crippen LogP contribution in [0, 0.1) is 0 Å². The zero-order chi connectivity index (χ0) is 13.8. The van der Waals surface area contributed by atoms with Crippen LogP contribution in [-0.2, 0) is 13.0 Å². The Morgan fingerprint density at radius 2 is 1.75 bits per heavy atom. The summed E-state index contributed by atoms with van der Waals surface area (Å²) in [6.07, 6.45) is 5.37. The molecule has 0 saturated carbocycles. The highest BCUT2D eigenvalue weighted by Gasteiger charge is 2.18. The smallest absolute Gasteiger partial charge is 0.119 e. The number of ether oxygens (including phenoxy) is 1. The van der Waals surface area contributed by atoms with Crippen LogP contribution in [0.2, 0.25) is 0 Å². The molecule has 3 nitrogen and oxygen atoms in total. The molecular weight excluding hydrogens is 248 g/mol. The van der Waals surface area contributed by atoms with Crippen LogP contribution in [0.1, 0.15) is 30.4 Å². The number of fused-ring (bicyclic) bond motifs is 1. The molecule has 20 heavy (non-hydrogen) atoms.